The van der Waals surface area contributed by atoms with Crippen LogP contribution in [-0.2, 0) is 4.79 Å². The molecule has 1 aromatic carbocycles. The van der Waals surface area contributed by atoms with Gasteiger partial charge in [0.2, 0.25) is 0 Å². The molecule has 80 valence electrons. The molecule has 2 rings (SSSR count). The number of ketones is 1. The monoisotopic (exact) mass is 268 g/mol. The molecule has 1 aromatic rings. The van der Waals surface area contributed by atoms with Gasteiger partial charge >= 0.3 is 0 Å². The fraction of sp³-hybridized carbons (Fsp3) is 0.417. The van der Waals surface area contributed by atoms with Crippen LogP contribution in [0.25, 0.3) is 0 Å². The largest absolute Gasteiger partial charge is 0.497 e. The van der Waals surface area contributed by atoms with Gasteiger partial charge < -0.3 is 4.74 Å². The summed E-state index contributed by atoms with van der Waals surface area (Å²) < 4.78 is 6.22. The van der Waals surface area contributed by atoms with Gasteiger partial charge in [-0.2, -0.15) is 0 Å². The average Bonchev–Trinajstić information content (AvgIpc) is 2.64. The van der Waals surface area contributed by atoms with Crippen LogP contribution in [0.1, 0.15) is 30.7 Å². The highest BCUT2D eigenvalue weighted by atomic mass is 79.9. The summed E-state index contributed by atoms with van der Waals surface area (Å²) in [7, 11) is 1.66. The third-order valence-electron chi connectivity index (χ3n) is 2.85. The molecule has 0 radical (unpaired) electrons. The van der Waals surface area contributed by atoms with Crippen molar-refractivity contribution >= 4 is 21.7 Å². The molecule has 1 atom stereocenters. The summed E-state index contributed by atoms with van der Waals surface area (Å²) in [6.07, 6.45) is 2.37. The van der Waals surface area contributed by atoms with E-state index in [2.05, 4.69) is 22.0 Å². The molecule has 0 saturated heterocycles. The van der Waals surface area contributed by atoms with Crippen LogP contribution in [0.3, 0.4) is 0 Å². The lowest BCUT2D eigenvalue weighted by Gasteiger charge is -2.11. The van der Waals surface area contributed by atoms with Gasteiger partial charge in [0.15, 0.2) is 0 Å². The van der Waals surface area contributed by atoms with Crippen LogP contribution in [0.4, 0.5) is 0 Å². The fourth-order valence-electron chi connectivity index (χ4n) is 2.04. The predicted octanol–water partition coefficient (Wildman–Crippen LogP) is 3.29. The number of ether oxygens (including phenoxy) is 1. The molecular formula is C12H13BrO2. The van der Waals surface area contributed by atoms with Crippen molar-refractivity contribution in [2.24, 2.45) is 0 Å². The quantitative estimate of drug-likeness (QED) is 0.823. The van der Waals surface area contributed by atoms with Crippen molar-refractivity contribution in [3.05, 3.63) is 28.2 Å². The van der Waals surface area contributed by atoms with E-state index < -0.39 is 0 Å². The highest BCUT2D eigenvalue weighted by molar-refractivity contribution is 9.10. The number of rotatable bonds is 2. The Morgan fingerprint density at radius 3 is 2.80 bits per heavy atom. The van der Waals surface area contributed by atoms with Crippen LogP contribution in [0, 0.1) is 0 Å². The van der Waals surface area contributed by atoms with E-state index in [9.17, 15) is 4.79 Å². The van der Waals surface area contributed by atoms with Gasteiger partial charge in [0.25, 0.3) is 0 Å². The van der Waals surface area contributed by atoms with E-state index in [1.165, 1.54) is 5.56 Å². The summed E-state index contributed by atoms with van der Waals surface area (Å²) in [6.45, 7) is 0. The van der Waals surface area contributed by atoms with E-state index in [0.29, 0.717) is 18.1 Å². The van der Waals surface area contributed by atoms with E-state index >= 15 is 0 Å². The highest BCUT2D eigenvalue weighted by Crippen LogP contribution is 2.35. The van der Waals surface area contributed by atoms with Gasteiger partial charge in [0, 0.05) is 17.3 Å². The van der Waals surface area contributed by atoms with E-state index in [-0.39, 0.29) is 0 Å². The normalized spacial score (nSPS) is 20.7. The van der Waals surface area contributed by atoms with Crippen molar-refractivity contribution in [1.29, 1.82) is 0 Å². The van der Waals surface area contributed by atoms with Crippen LogP contribution in [0.5, 0.6) is 5.75 Å². The smallest absolute Gasteiger partial charge is 0.133 e. The molecule has 0 aliphatic heterocycles. The number of Topliss-reactive ketones (excluding diaryl/α,β-unsaturated/α-hetero) is 1. The molecule has 1 aliphatic carbocycles. The summed E-state index contributed by atoms with van der Waals surface area (Å²) >= 11 is 3.45. The van der Waals surface area contributed by atoms with Gasteiger partial charge in [-0.25, -0.2) is 0 Å². The molecule has 1 saturated carbocycles. The summed E-state index contributed by atoms with van der Waals surface area (Å²) in [6, 6.07) is 6.03. The topological polar surface area (TPSA) is 26.3 Å². The highest BCUT2D eigenvalue weighted by Gasteiger charge is 2.24. The third-order valence-corrected chi connectivity index (χ3v) is 3.30. The van der Waals surface area contributed by atoms with E-state index in [1.54, 1.807) is 7.11 Å². The fourth-order valence-corrected chi connectivity index (χ4v) is 2.53. The van der Waals surface area contributed by atoms with Gasteiger partial charge in [-0.15, -0.1) is 0 Å². The number of hydrogen-bond acceptors (Lipinski definition) is 2. The van der Waals surface area contributed by atoms with Crippen molar-refractivity contribution in [2.75, 3.05) is 7.11 Å². The Balaban J connectivity index is 2.27. The van der Waals surface area contributed by atoms with Gasteiger partial charge in [0.1, 0.15) is 11.5 Å². The second-order valence-corrected chi connectivity index (χ2v) is 4.82. The molecule has 0 spiro atoms. The molecule has 0 heterocycles. The van der Waals surface area contributed by atoms with Crippen molar-refractivity contribution in [2.45, 2.75) is 25.2 Å². The minimum atomic E-state index is 0.374. The SMILES string of the molecule is COc1cc(Br)cc([C@@H]2CCC(=O)C2)c1. The summed E-state index contributed by atoms with van der Waals surface area (Å²) in [5.41, 5.74) is 1.20. The number of benzene rings is 1. The lowest BCUT2D eigenvalue weighted by atomic mass is 9.97. The molecule has 15 heavy (non-hydrogen) atoms. The Morgan fingerprint density at radius 1 is 1.40 bits per heavy atom. The molecule has 0 aromatic heterocycles. The van der Waals surface area contributed by atoms with Crippen LogP contribution in [0.2, 0.25) is 0 Å². The number of methoxy groups -OCH3 is 1. The summed E-state index contributed by atoms with van der Waals surface area (Å²) in [5, 5.41) is 0. The maximum atomic E-state index is 11.2. The Morgan fingerprint density at radius 2 is 2.20 bits per heavy atom. The molecule has 1 fully saturated rings. The van der Waals surface area contributed by atoms with Crippen molar-refractivity contribution in [3.63, 3.8) is 0 Å². The first kappa shape index (κ1) is 10.7. The van der Waals surface area contributed by atoms with Gasteiger partial charge in [0.05, 0.1) is 7.11 Å². The van der Waals surface area contributed by atoms with Crippen LogP contribution in [0.15, 0.2) is 22.7 Å². The molecule has 1 aliphatic rings. The molecule has 0 amide bonds. The first-order chi connectivity index (χ1) is 7.19. The average molecular weight is 269 g/mol. The lowest BCUT2D eigenvalue weighted by molar-refractivity contribution is -0.117. The minimum Gasteiger partial charge on any atom is -0.497 e. The molecule has 0 bridgehead atoms. The molecule has 2 nitrogen and oxygen atoms in total. The van der Waals surface area contributed by atoms with Crippen molar-refractivity contribution < 1.29 is 9.53 Å². The zero-order valence-corrected chi connectivity index (χ0v) is 10.2. The van der Waals surface area contributed by atoms with Gasteiger partial charge in [-0.05, 0) is 36.1 Å². The second-order valence-electron chi connectivity index (χ2n) is 3.90. The van der Waals surface area contributed by atoms with Gasteiger partial charge in [-0.1, -0.05) is 15.9 Å². The Bertz CT molecular complexity index is 387. The number of halogens is 1. The zero-order chi connectivity index (χ0) is 10.8. The molecular weight excluding hydrogens is 256 g/mol. The zero-order valence-electron chi connectivity index (χ0n) is 8.63. The minimum absolute atomic E-state index is 0.374. The van der Waals surface area contributed by atoms with Crippen molar-refractivity contribution in [3.8, 4) is 5.75 Å². The summed E-state index contributed by atoms with van der Waals surface area (Å²) in [5.74, 6) is 1.60. The Kier molecular flexibility index (Phi) is 3.10. The second kappa shape index (κ2) is 4.35. The van der Waals surface area contributed by atoms with Gasteiger partial charge in [-0.3, -0.25) is 4.79 Å². The number of carbonyl (C=O) groups excluding carboxylic acids is 1. The number of carbonyl (C=O) groups is 1. The standard InChI is InChI=1S/C12H13BrO2/c1-15-12-6-9(4-10(13)7-12)8-2-3-11(14)5-8/h4,6-8H,2-3,5H2,1H3/t8-/m1/s1. The summed E-state index contributed by atoms with van der Waals surface area (Å²) in [4.78, 5) is 11.2. The van der Waals surface area contributed by atoms with E-state index in [1.807, 2.05) is 12.1 Å². The first-order valence-corrected chi connectivity index (χ1v) is 5.84. The van der Waals surface area contributed by atoms with Crippen LogP contribution < -0.4 is 4.74 Å². The Labute approximate surface area is 97.8 Å². The Hall–Kier alpha value is -0.830. The van der Waals surface area contributed by atoms with Crippen LogP contribution >= 0.6 is 15.9 Å². The lowest BCUT2D eigenvalue weighted by Crippen LogP contribution is -1.95. The first-order valence-electron chi connectivity index (χ1n) is 5.05. The van der Waals surface area contributed by atoms with E-state index in [4.69, 9.17) is 4.74 Å². The molecule has 3 heteroatoms. The van der Waals surface area contributed by atoms with Crippen LogP contribution in [-0.4, -0.2) is 12.9 Å². The maximum absolute atomic E-state index is 11.2. The third kappa shape index (κ3) is 2.40. The van der Waals surface area contributed by atoms with E-state index in [0.717, 1.165) is 23.1 Å². The molecule has 0 unspecified atom stereocenters. The molecule has 0 N–H and O–H groups in total. The number of hydrogen-bond donors (Lipinski definition) is 0. The maximum Gasteiger partial charge on any atom is 0.133 e. The van der Waals surface area contributed by atoms with Crippen molar-refractivity contribution in [1.82, 2.24) is 0 Å². The predicted molar refractivity (Wildman–Crippen MR) is 62.3 cm³/mol.